The van der Waals surface area contributed by atoms with Crippen LogP contribution in [-0.4, -0.2) is 58.0 Å². The third kappa shape index (κ3) is 5.27. The first kappa shape index (κ1) is 25.0. The normalized spacial score (nSPS) is 27.1. The number of carboxylic acid groups (broad SMARTS) is 1. The van der Waals surface area contributed by atoms with Crippen molar-refractivity contribution >= 4 is 17.8 Å². The Hall–Kier alpha value is -3.13. The molecule has 0 spiro atoms. The second-order valence-electron chi connectivity index (χ2n) is 11.0. The lowest BCUT2D eigenvalue weighted by molar-refractivity contribution is -0.158. The SMILES string of the molecule is CC(C)(C)N[C@@H]1CC[C@H](N2CC[C@H](NC(=O)c3ccc(-c4ccccc4)o3)C2=O)[C@](C)(C(=O)O)C1. The Balaban J connectivity index is 1.43. The molecule has 8 heteroatoms. The van der Waals surface area contributed by atoms with Crippen molar-refractivity contribution < 1.29 is 23.9 Å². The van der Waals surface area contributed by atoms with Gasteiger partial charge >= 0.3 is 5.97 Å². The van der Waals surface area contributed by atoms with Crippen molar-refractivity contribution in [1.29, 1.82) is 0 Å². The van der Waals surface area contributed by atoms with E-state index in [0.29, 0.717) is 31.6 Å². The van der Waals surface area contributed by atoms with Crippen molar-refractivity contribution in [3.8, 4) is 11.3 Å². The molecule has 2 fully saturated rings. The van der Waals surface area contributed by atoms with Crippen molar-refractivity contribution in [2.45, 2.75) is 77.0 Å². The predicted molar refractivity (Wildman–Crippen MR) is 132 cm³/mol. The summed E-state index contributed by atoms with van der Waals surface area (Å²) in [5, 5.41) is 16.5. The van der Waals surface area contributed by atoms with E-state index in [4.69, 9.17) is 4.42 Å². The molecule has 1 saturated carbocycles. The Kier molecular flexibility index (Phi) is 6.77. The van der Waals surface area contributed by atoms with Gasteiger partial charge in [-0.05, 0) is 65.5 Å². The highest BCUT2D eigenvalue weighted by atomic mass is 16.4. The van der Waals surface area contributed by atoms with Crippen LogP contribution < -0.4 is 10.6 Å². The molecule has 0 unspecified atom stereocenters. The summed E-state index contributed by atoms with van der Waals surface area (Å²) in [6, 6.07) is 11.8. The number of carbonyl (C=O) groups is 3. The highest BCUT2D eigenvalue weighted by Gasteiger charge is 2.52. The molecule has 1 aliphatic carbocycles. The molecule has 4 atom stereocenters. The highest BCUT2D eigenvalue weighted by Crippen LogP contribution is 2.41. The molecule has 188 valence electrons. The molecule has 2 aromatic rings. The molecule has 2 aliphatic rings. The number of benzene rings is 1. The number of amides is 2. The molecule has 1 saturated heterocycles. The van der Waals surface area contributed by atoms with E-state index in [1.165, 1.54) is 0 Å². The first-order valence-electron chi connectivity index (χ1n) is 12.3. The maximum Gasteiger partial charge on any atom is 0.311 e. The Morgan fingerprint density at radius 1 is 1.09 bits per heavy atom. The highest BCUT2D eigenvalue weighted by molar-refractivity contribution is 5.96. The second-order valence-corrected chi connectivity index (χ2v) is 11.0. The molecule has 2 amide bonds. The third-order valence-corrected chi connectivity index (χ3v) is 7.13. The number of furan rings is 1. The Labute approximate surface area is 206 Å². The lowest BCUT2D eigenvalue weighted by atomic mass is 9.68. The molecule has 0 bridgehead atoms. The van der Waals surface area contributed by atoms with Crippen LogP contribution in [0.2, 0.25) is 0 Å². The van der Waals surface area contributed by atoms with E-state index < -0.39 is 29.4 Å². The summed E-state index contributed by atoms with van der Waals surface area (Å²) in [5.74, 6) is -0.862. The fourth-order valence-corrected chi connectivity index (χ4v) is 5.48. The second kappa shape index (κ2) is 9.49. The van der Waals surface area contributed by atoms with E-state index in [1.54, 1.807) is 24.0 Å². The number of rotatable bonds is 6. The molecule has 3 N–H and O–H groups in total. The Bertz CT molecular complexity index is 1090. The molecular weight excluding hydrogens is 446 g/mol. The van der Waals surface area contributed by atoms with Gasteiger partial charge in [0, 0.05) is 29.7 Å². The lowest BCUT2D eigenvalue weighted by Gasteiger charge is -2.47. The molecule has 1 aromatic heterocycles. The summed E-state index contributed by atoms with van der Waals surface area (Å²) in [5.41, 5.74) is -0.331. The smallest absolute Gasteiger partial charge is 0.311 e. The average Bonchev–Trinajstić information content (AvgIpc) is 3.41. The Morgan fingerprint density at radius 3 is 2.46 bits per heavy atom. The summed E-state index contributed by atoms with van der Waals surface area (Å²) in [4.78, 5) is 40.1. The van der Waals surface area contributed by atoms with Crippen molar-refractivity contribution in [3.63, 3.8) is 0 Å². The third-order valence-electron chi connectivity index (χ3n) is 7.13. The predicted octanol–water partition coefficient (Wildman–Crippen LogP) is 3.68. The van der Waals surface area contributed by atoms with Gasteiger partial charge in [-0.3, -0.25) is 14.4 Å². The molecule has 35 heavy (non-hydrogen) atoms. The van der Waals surface area contributed by atoms with Crippen LogP contribution >= 0.6 is 0 Å². The average molecular weight is 482 g/mol. The zero-order valence-electron chi connectivity index (χ0n) is 20.8. The first-order chi connectivity index (χ1) is 16.5. The van der Waals surface area contributed by atoms with E-state index >= 15 is 0 Å². The maximum atomic E-state index is 13.3. The number of hydrogen-bond acceptors (Lipinski definition) is 5. The van der Waals surface area contributed by atoms with E-state index in [1.807, 2.05) is 30.3 Å². The van der Waals surface area contributed by atoms with Crippen LogP contribution in [0.5, 0.6) is 0 Å². The molecular formula is C27H35N3O5. The number of nitrogens with zero attached hydrogens (tertiary/aromatic N) is 1. The topological polar surface area (TPSA) is 112 Å². The van der Waals surface area contributed by atoms with Crippen molar-refractivity contribution in [2.24, 2.45) is 5.41 Å². The minimum Gasteiger partial charge on any atom is -0.481 e. The number of nitrogens with one attached hydrogen (secondary N) is 2. The summed E-state index contributed by atoms with van der Waals surface area (Å²) in [6.45, 7) is 8.36. The molecule has 1 aliphatic heterocycles. The number of carboxylic acids is 1. The molecule has 0 radical (unpaired) electrons. The lowest BCUT2D eigenvalue weighted by Crippen LogP contribution is -2.59. The van der Waals surface area contributed by atoms with Crippen LogP contribution in [0.15, 0.2) is 46.9 Å². The zero-order valence-corrected chi connectivity index (χ0v) is 20.8. The van der Waals surface area contributed by atoms with Crippen LogP contribution in [0.1, 0.15) is 63.9 Å². The largest absolute Gasteiger partial charge is 0.481 e. The van der Waals surface area contributed by atoms with Gasteiger partial charge in [0.15, 0.2) is 5.76 Å². The van der Waals surface area contributed by atoms with Crippen LogP contribution in [0, 0.1) is 5.41 Å². The molecule has 1 aromatic carbocycles. The minimum absolute atomic E-state index is 0.0679. The summed E-state index contributed by atoms with van der Waals surface area (Å²) in [7, 11) is 0. The van der Waals surface area contributed by atoms with Gasteiger partial charge in [0.25, 0.3) is 5.91 Å². The summed E-state index contributed by atoms with van der Waals surface area (Å²) < 4.78 is 5.71. The quantitative estimate of drug-likeness (QED) is 0.580. The fourth-order valence-electron chi connectivity index (χ4n) is 5.48. The number of likely N-dealkylation sites (tertiary alicyclic amines) is 1. The number of hydrogen-bond donors (Lipinski definition) is 3. The van der Waals surface area contributed by atoms with Crippen molar-refractivity contribution in [1.82, 2.24) is 15.5 Å². The van der Waals surface area contributed by atoms with Crippen molar-refractivity contribution in [3.05, 3.63) is 48.2 Å². The van der Waals surface area contributed by atoms with Crippen LogP contribution in [0.4, 0.5) is 0 Å². The standard InChI is InChI=1S/C27H35N3O5/c1-26(2,3)29-18-10-13-22(27(4,16-18)25(33)34)30-15-14-19(24(30)32)28-23(31)21-12-11-20(35-21)17-8-6-5-7-9-17/h5-9,11-12,18-19,22,29H,10,13-16H2,1-4H3,(H,28,31)(H,33,34)/t18-,19+,22+,27-/m1/s1. The number of carbonyl (C=O) groups excluding carboxylic acids is 2. The summed E-state index contributed by atoms with van der Waals surface area (Å²) in [6.07, 6.45) is 2.27. The summed E-state index contributed by atoms with van der Waals surface area (Å²) >= 11 is 0. The molecule has 8 nitrogen and oxygen atoms in total. The Morgan fingerprint density at radius 2 is 1.80 bits per heavy atom. The van der Waals surface area contributed by atoms with Gasteiger partial charge in [0.1, 0.15) is 11.8 Å². The fraction of sp³-hybridized carbons (Fsp3) is 0.519. The molecule has 2 heterocycles. The van der Waals surface area contributed by atoms with Gasteiger partial charge in [0.2, 0.25) is 5.91 Å². The van der Waals surface area contributed by atoms with E-state index in [0.717, 1.165) is 12.0 Å². The van der Waals surface area contributed by atoms with Gasteiger partial charge in [-0.2, -0.15) is 0 Å². The van der Waals surface area contributed by atoms with Crippen LogP contribution in [-0.2, 0) is 9.59 Å². The number of aliphatic carboxylic acids is 1. The first-order valence-corrected chi connectivity index (χ1v) is 12.3. The van der Waals surface area contributed by atoms with E-state index in [9.17, 15) is 19.5 Å². The van der Waals surface area contributed by atoms with Gasteiger partial charge in [-0.1, -0.05) is 30.3 Å². The van der Waals surface area contributed by atoms with Crippen molar-refractivity contribution in [2.75, 3.05) is 6.54 Å². The van der Waals surface area contributed by atoms with Gasteiger partial charge < -0.3 is 25.1 Å². The molecule has 4 rings (SSSR count). The van der Waals surface area contributed by atoms with Crippen LogP contribution in [0.25, 0.3) is 11.3 Å². The van der Waals surface area contributed by atoms with Crippen LogP contribution in [0.3, 0.4) is 0 Å². The van der Waals surface area contributed by atoms with Gasteiger partial charge in [-0.15, -0.1) is 0 Å². The van der Waals surface area contributed by atoms with Gasteiger partial charge in [-0.25, -0.2) is 0 Å². The minimum atomic E-state index is -1.07. The zero-order chi connectivity index (χ0) is 25.4. The van der Waals surface area contributed by atoms with Gasteiger partial charge in [0.05, 0.1) is 5.41 Å². The van der Waals surface area contributed by atoms with E-state index in [2.05, 4.69) is 31.4 Å². The van der Waals surface area contributed by atoms with E-state index in [-0.39, 0.29) is 23.2 Å². The maximum absolute atomic E-state index is 13.3. The monoisotopic (exact) mass is 481 g/mol.